The predicted molar refractivity (Wildman–Crippen MR) is 102 cm³/mol. The van der Waals surface area contributed by atoms with Crippen molar-refractivity contribution in [3.8, 4) is 0 Å². The van der Waals surface area contributed by atoms with Gasteiger partial charge in [0.25, 0.3) is 0 Å². The fourth-order valence-corrected chi connectivity index (χ4v) is 4.19. The first kappa shape index (κ1) is 15.7. The summed E-state index contributed by atoms with van der Waals surface area (Å²) in [7, 11) is 0. The molecule has 0 bridgehead atoms. The van der Waals surface area contributed by atoms with Crippen LogP contribution in [0.1, 0.15) is 36.0 Å². The molecule has 1 saturated heterocycles. The van der Waals surface area contributed by atoms with Gasteiger partial charge in [-0.15, -0.1) is 0 Å². The maximum absolute atomic E-state index is 2.65. The van der Waals surface area contributed by atoms with Crippen molar-refractivity contribution in [3.63, 3.8) is 0 Å². The van der Waals surface area contributed by atoms with Gasteiger partial charge in [0.2, 0.25) is 0 Å². The van der Waals surface area contributed by atoms with Gasteiger partial charge in [0.15, 0.2) is 0 Å². The number of hydrogen-bond acceptors (Lipinski definition) is 2. The zero-order valence-corrected chi connectivity index (χ0v) is 14.6. The van der Waals surface area contributed by atoms with Gasteiger partial charge in [0.05, 0.1) is 0 Å². The van der Waals surface area contributed by atoms with Crippen LogP contribution in [0.4, 0.5) is 5.69 Å². The lowest BCUT2D eigenvalue weighted by Gasteiger charge is -2.33. The van der Waals surface area contributed by atoms with Crippen LogP contribution in [0, 0.1) is 0 Å². The molecule has 2 heterocycles. The number of para-hydroxylation sites is 1. The molecule has 0 aromatic heterocycles. The number of anilines is 1. The third kappa shape index (κ3) is 3.49. The van der Waals surface area contributed by atoms with Crippen molar-refractivity contribution >= 4 is 5.69 Å². The number of fused-ring (bicyclic) bond motifs is 2. The van der Waals surface area contributed by atoms with Crippen molar-refractivity contribution in [2.45, 2.75) is 38.6 Å². The van der Waals surface area contributed by atoms with Crippen LogP contribution in [0.15, 0.2) is 48.5 Å². The molecule has 0 amide bonds. The minimum Gasteiger partial charge on any atom is -0.366 e. The van der Waals surface area contributed by atoms with Crippen LogP contribution in [0.2, 0.25) is 0 Å². The van der Waals surface area contributed by atoms with Gasteiger partial charge in [-0.3, -0.25) is 0 Å². The second-order valence-corrected chi connectivity index (χ2v) is 7.22. The third-order valence-electron chi connectivity index (χ3n) is 5.61. The van der Waals surface area contributed by atoms with Crippen molar-refractivity contribution in [3.05, 3.63) is 65.2 Å². The van der Waals surface area contributed by atoms with Gasteiger partial charge in [-0.2, -0.15) is 0 Å². The van der Waals surface area contributed by atoms with E-state index in [1.165, 1.54) is 61.3 Å². The molecule has 4 rings (SSSR count). The van der Waals surface area contributed by atoms with E-state index in [1.54, 1.807) is 0 Å². The Morgan fingerprint density at radius 1 is 0.667 bits per heavy atom. The van der Waals surface area contributed by atoms with E-state index in [-0.39, 0.29) is 0 Å². The van der Waals surface area contributed by atoms with Crippen molar-refractivity contribution in [1.82, 2.24) is 4.90 Å². The number of aryl methyl sites for hydroxylation is 2. The number of nitrogens with zero attached hydrogens (tertiary/aromatic N) is 2. The second kappa shape index (κ2) is 7.40. The fraction of sp³-hybridized carbons (Fsp3) is 0.455. The Balaban J connectivity index is 1.57. The lowest BCUT2D eigenvalue weighted by Crippen LogP contribution is -2.38. The highest BCUT2D eigenvalue weighted by Crippen LogP contribution is 2.28. The minimum absolute atomic E-state index is 1.04. The monoisotopic (exact) mass is 320 g/mol. The van der Waals surface area contributed by atoms with Gasteiger partial charge in [0.1, 0.15) is 0 Å². The molecule has 1 fully saturated rings. The topological polar surface area (TPSA) is 6.48 Å². The van der Waals surface area contributed by atoms with Gasteiger partial charge < -0.3 is 9.80 Å². The van der Waals surface area contributed by atoms with Crippen LogP contribution in [-0.4, -0.2) is 31.1 Å². The Hall–Kier alpha value is -1.80. The summed E-state index contributed by atoms with van der Waals surface area (Å²) in [5.74, 6) is 0. The van der Waals surface area contributed by atoms with Gasteiger partial charge in [-0.1, -0.05) is 48.9 Å². The summed E-state index contributed by atoms with van der Waals surface area (Å²) in [6, 6.07) is 18.0. The molecule has 2 aliphatic heterocycles. The Bertz CT molecular complexity index is 673. The molecule has 0 atom stereocenters. The molecule has 0 N–H and O–H groups in total. The molecule has 2 aromatic rings. The third-order valence-corrected chi connectivity index (χ3v) is 5.61. The van der Waals surface area contributed by atoms with E-state index >= 15 is 0 Å². The Morgan fingerprint density at radius 2 is 1.33 bits per heavy atom. The van der Waals surface area contributed by atoms with E-state index in [9.17, 15) is 0 Å². The summed E-state index contributed by atoms with van der Waals surface area (Å²) in [5, 5.41) is 0. The molecule has 0 spiro atoms. The lowest BCUT2D eigenvalue weighted by atomic mass is 9.95. The first-order chi connectivity index (χ1) is 11.9. The molecule has 0 saturated carbocycles. The molecule has 0 aliphatic carbocycles. The summed E-state index contributed by atoms with van der Waals surface area (Å²) in [6.07, 6.45) is 6.47. The van der Waals surface area contributed by atoms with E-state index < -0.39 is 0 Å². The van der Waals surface area contributed by atoms with E-state index in [0.717, 1.165) is 25.9 Å². The van der Waals surface area contributed by atoms with E-state index in [0.29, 0.717) is 0 Å². The Morgan fingerprint density at radius 3 is 2.17 bits per heavy atom. The van der Waals surface area contributed by atoms with Gasteiger partial charge in [-0.25, -0.2) is 0 Å². The van der Waals surface area contributed by atoms with Crippen LogP contribution >= 0.6 is 0 Å². The zero-order valence-electron chi connectivity index (χ0n) is 14.6. The van der Waals surface area contributed by atoms with Crippen molar-refractivity contribution < 1.29 is 0 Å². The zero-order chi connectivity index (χ0) is 16.2. The van der Waals surface area contributed by atoms with Crippen molar-refractivity contribution in [1.29, 1.82) is 0 Å². The summed E-state index contributed by atoms with van der Waals surface area (Å²) in [4.78, 5) is 5.26. The number of benzene rings is 2. The highest BCUT2D eigenvalue weighted by atomic mass is 15.2. The minimum atomic E-state index is 1.04. The number of rotatable bonds is 3. The molecule has 2 aliphatic rings. The molecule has 2 heteroatoms. The van der Waals surface area contributed by atoms with Crippen LogP contribution in [0.25, 0.3) is 0 Å². The fourth-order valence-electron chi connectivity index (χ4n) is 4.19. The average molecular weight is 320 g/mol. The summed E-state index contributed by atoms with van der Waals surface area (Å²) in [6.45, 7) is 5.93. The molecule has 0 unspecified atom stereocenters. The largest absolute Gasteiger partial charge is 0.366 e. The standard InChI is InChI=1S/C22H28N2/c1-6-14-23(15-7-1)16-17-24-18-21-10-3-2-8-19(21)12-13-20-9-4-5-11-22(20)24/h2-5,8-11H,1,6-7,12-18H2. The summed E-state index contributed by atoms with van der Waals surface area (Å²) >= 11 is 0. The van der Waals surface area contributed by atoms with Crippen molar-refractivity contribution in [2.75, 3.05) is 31.1 Å². The Kier molecular flexibility index (Phi) is 4.84. The van der Waals surface area contributed by atoms with Crippen LogP contribution in [0.5, 0.6) is 0 Å². The summed E-state index contributed by atoms with van der Waals surface area (Å²) < 4.78 is 0. The first-order valence-corrected chi connectivity index (χ1v) is 9.52. The molecular weight excluding hydrogens is 292 g/mol. The number of hydrogen-bond donors (Lipinski definition) is 0. The van der Waals surface area contributed by atoms with Crippen LogP contribution in [0.3, 0.4) is 0 Å². The quantitative estimate of drug-likeness (QED) is 0.833. The lowest BCUT2D eigenvalue weighted by molar-refractivity contribution is 0.233. The smallest absolute Gasteiger partial charge is 0.0432 e. The summed E-state index contributed by atoms with van der Waals surface area (Å²) in [5.41, 5.74) is 5.98. The highest BCUT2D eigenvalue weighted by Gasteiger charge is 2.18. The first-order valence-electron chi connectivity index (χ1n) is 9.52. The van der Waals surface area contributed by atoms with Crippen LogP contribution in [-0.2, 0) is 19.4 Å². The maximum Gasteiger partial charge on any atom is 0.0432 e. The molecule has 0 radical (unpaired) electrons. The SMILES string of the molecule is c1ccc2c(c1)CCc1ccccc1N(CCN1CCCCC1)C2. The predicted octanol–water partition coefficient (Wildman–Crippen LogP) is 4.28. The second-order valence-electron chi connectivity index (χ2n) is 7.22. The molecule has 2 nitrogen and oxygen atoms in total. The Labute approximate surface area is 146 Å². The molecular formula is C22H28N2. The van der Waals surface area contributed by atoms with Gasteiger partial charge in [-0.05, 0) is 61.5 Å². The van der Waals surface area contributed by atoms with E-state index in [2.05, 4.69) is 58.3 Å². The molecule has 126 valence electrons. The number of likely N-dealkylation sites (tertiary alicyclic amines) is 1. The van der Waals surface area contributed by atoms with Crippen LogP contribution < -0.4 is 4.90 Å². The average Bonchev–Trinajstić information content (AvgIpc) is 2.64. The number of piperidine rings is 1. The van der Waals surface area contributed by atoms with E-state index in [4.69, 9.17) is 0 Å². The van der Waals surface area contributed by atoms with Gasteiger partial charge in [0, 0.05) is 25.3 Å². The van der Waals surface area contributed by atoms with Crippen molar-refractivity contribution in [2.24, 2.45) is 0 Å². The maximum atomic E-state index is 2.65. The van der Waals surface area contributed by atoms with Gasteiger partial charge >= 0.3 is 0 Å². The molecule has 2 aromatic carbocycles. The normalized spacial score (nSPS) is 18.4. The highest BCUT2D eigenvalue weighted by molar-refractivity contribution is 5.55. The van der Waals surface area contributed by atoms with E-state index in [1.807, 2.05) is 0 Å². The molecule has 24 heavy (non-hydrogen) atoms.